The number of benzene rings is 1. The third-order valence-electron chi connectivity index (χ3n) is 5.77. The number of nitrogens with one attached hydrogen (secondary N) is 1. The molecule has 4 aromatic heterocycles. The second-order valence-corrected chi connectivity index (χ2v) is 7.69. The van der Waals surface area contributed by atoms with Gasteiger partial charge in [0.15, 0.2) is 0 Å². The highest BCUT2D eigenvalue weighted by Gasteiger charge is 2.36. The number of fused-ring (bicyclic) bond motifs is 2. The van der Waals surface area contributed by atoms with Crippen LogP contribution in [0.1, 0.15) is 28.7 Å². The van der Waals surface area contributed by atoms with Gasteiger partial charge in [-0.3, -0.25) is 0 Å². The molecule has 0 saturated carbocycles. The first kappa shape index (κ1) is 18.7. The van der Waals surface area contributed by atoms with Crippen LogP contribution < -0.4 is 4.90 Å². The maximum atomic E-state index is 14.2. The Morgan fingerprint density at radius 1 is 1.12 bits per heavy atom. The van der Waals surface area contributed by atoms with Crippen LogP contribution in [-0.4, -0.2) is 36.3 Å². The minimum absolute atomic E-state index is 0.148. The average molecular weight is 433 g/mol. The average Bonchev–Trinajstić information content (AvgIpc) is 3.52. The summed E-state index contributed by atoms with van der Waals surface area (Å²) in [5, 5.41) is 12.8. The van der Waals surface area contributed by atoms with Crippen molar-refractivity contribution >= 4 is 11.5 Å². The molecule has 1 N–H and O–H groups in total. The molecular weight excluding hydrogens is 416 g/mol. The normalized spacial score (nSPS) is 16.0. The molecule has 0 bridgehead atoms. The van der Waals surface area contributed by atoms with Crippen molar-refractivity contribution in [2.45, 2.75) is 19.4 Å². The van der Waals surface area contributed by atoms with Crippen LogP contribution in [-0.2, 0) is 6.42 Å². The molecule has 6 rings (SSSR count). The van der Waals surface area contributed by atoms with Crippen molar-refractivity contribution in [2.24, 2.45) is 0 Å². The summed E-state index contributed by atoms with van der Waals surface area (Å²) in [6.07, 6.45) is 4.20. The number of hydrogen-bond donors (Lipinski definition) is 1. The summed E-state index contributed by atoms with van der Waals surface area (Å²) in [6, 6.07) is 9.30. The molecule has 8 nitrogen and oxygen atoms in total. The minimum Gasteiger partial charge on any atom is -0.403 e. The third-order valence-corrected chi connectivity index (χ3v) is 5.77. The van der Waals surface area contributed by atoms with Crippen LogP contribution in [0.4, 0.5) is 14.8 Å². The molecule has 1 aliphatic heterocycles. The van der Waals surface area contributed by atoms with Crippen molar-refractivity contribution in [2.75, 3.05) is 11.4 Å². The Bertz CT molecular complexity index is 1430. The zero-order valence-corrected chi connectivity index (χ0v) is 17.0. The molecule has 0 spiro atoms. The van der Waals surface area contributed by atoms with Gasteiger partial charge in [0, 0.05) is 24.9 Å². The number of hydrogen-bond acceptors (Lipinski definition) is 6. The van der Waals surface area contributed by atoms with Crippen LogP contribution in [0.3, 0.4) is 0 Å². The smallest absolute Gasteiger partial charge is 0.319 e. The summed E-state index contributed by atoms with van der Waals surface area (Å²) in [5.74, 6) is -1.74. The Balaban J connectivity index is 1.47. The minimum atomic E-state index is -0.763. The molecule has 1 atom stereocenters. The number of H-pyrrole nitrogens is 1. The van der Waals surface area contributed by atoms with Gasteiger partial charge < -0.3 is 14.3 Å². The number of anilines is 1. The van der Waals surface area contributed by atoms with Gasteiger partial charge in [0.25, 0.3) is 5.89 Å². The van der Waals surface area contributed by atoms with E-state index in [2.05, 4.69) is 20.2 Å². The molecule has 0 unspecified atom stereocenters. The van der Waals surface area contributed by atoms with Crippen molar-refractivity contribution < 1.29 is 13.2 Å². The van der Waals surface area contributed by atoms with E-state index in [-0.39, 0.29) is 17.5 Å². The van der Waals surface area contributed by atoms with Gasteiger partial charge in [0.2, 0.25) is 0 Å². The molecule has 5 aromatic rings. The summed E-state index contributed by atoms with van der Waals surface area (Å²) in [5.41, 5.74) is 4.28. The highest BCUT2D eigenvalue weighted by Crippen LogP contribution is 2.37. The standard InChI is InChI=1S/C22H17F2N7O/c1-12-4-3-8-31-17(12)10-16(29-31)20-19-15(25-11-26-19)7-9-30(20)22-28-27-21(32-22)18-13(23)5-2-6-14(18)24/h2-6,8,10-11,20H,7,9H2,1H3,(H,25,26)/t20-/m1/s1. The highest BCUT2D eigenvalue weighted by atomic mass is 19.1. The van der Waals surface area contributed by atoms with Crippen LogP contribution >= 0.6 is 0 Å². The monoisotopic (exact) mass is 433 g/mol. The summed E-state index contributed by atoms with van der Waals surface area (Å²) in [6.45, 7) is 2.56. The summed E-state index contributed by atoms with van der Waals surface area (Å²) < 4.78 is 36.0. The molecule has 160 valence electrons. The van der Waals surface area contributed by atoms with E-state index in [1.165, 1.54) is 6.07 Å². The van der Waals surface area contributed by atoms with E-state index < -0.39 is 17.7 Å². The molecule has 32 heavy (non-hydrogen) atoms. The molecule has 0 saturated heterocycles. The largest absolute Gasteiger partial charge is 0.403 e. The van der Waals surface area contributed by atoms with E-state index in [1.807, 2.05) is 40.7 Å². The predicted molar refractivity (Wildman–Crippen MR) is 111 cm³/mol. The molecule has 10 heteroatoms. The lowest BCUT2D eigenvalue weighted by Crippen LogP contribution is -2.36. The molecule has 0 radical (unpaired) electrons. The van der Waals surface area contributed by atoms with Crippen molar-refractivity contribution in [3.05, 3.63) is 83.2 Å². The summed E-state index contributed by atoms with van der Waals surface area (Å²) >= 11 is 0. The van der Waals surface area contributed by atoms with Gasteiger partial charge in [-0.25, -0.2) is 18.3 Å². The number of rotatable bonds is 3. The number of halogens is 2. The zero-order chi connectivity index (χ0) is 21.8. The fourth-order valence-electron chi connectivity index (χ4n) is 4.23. The molecule has 1 aliphatic rings. The van der Waals surface area contributed by atoms with Crippen LogP contribution in [0.2, 0.25) is 0 Å². The Hall–Kier alpha value is -4.08. The maximum Gasteiger partial charge on any atom is 0.319 e. The number of aromatic amines is 1. The molecule has 0 amide bonds. The highest BCUT2D eigenvalue weighted by molar-refractivity contribution is 5.58. The number of pyridine rings is 1. The second kappa shape index (κ2) is 6.98. The van der Waals surface area contributed by atoms with Gasteiger partial charge in [-0.2, -0.15) is 5.10 Å². The van der Waals surface area contributed by atoms with Crippen molar-refractivity contribution in [3.8, 4) is 11.5 Å². The van der Waals surface area contributed by atoms with Crippen LogP contribution in [0.25, 0.3) is 17.0 Å². The quantitative estimate of drug-likeness (QED) is 0.465. The number of aryl methyl sites for hydroxylation is 1. The third kappa shape index (κ3) is 2.79. The lowest BCUT2D eigenvalue weighted by Gasteiger charge is -2.32. The molecule has 1 aromatic carbocycles. The fourth-order valence-corrected chi connectivity index (χ4v) is 4.23. The van der Waals surface area contributed by atoms with E-state index in [4.69, 9.17) is 9.52 Å². The molecule has 0 fully saturated rings. The van der Waals surface area contributed by atoms with Crippen molar-refractivity contribution in [1.29, 1.82) is 0 Å². The van der Waals surface area contributed by atoms with Gasteiger partial charge in [0.1, 0.15) is 23.2 Å². The van der Waals surface area contributed by atoms with Crippen LogP contribution in [0.5, 0.6) is 0 Å². The summed E-state index contributed by atoms with van der Waals surface area (Å²) in [4.78, 5) is 9.57. The number of aromatic nitrogens is 6. The SMILES string of the molecule is Cc1cccn2nc([C@@H]3c4nc[nH]c4CCN3c3nnc(-c4c(F)cccc4F)o3)cc12. The second-order valence-electron chi connectivity index (χ2n) is 7.69. The van der Waals surface area contributed by atoms with Gasteiger partial charge in [-0.15, -0.1) is 5.10 Å². The maximum absolute atomic E-state index is 14.2. The van der Waals surface area contributed by atoms with Gasteiger partial charge >= 0.3 is 6.01 Å². The molecular formula is C22H17F2N7O. The first-order valence-corrected chi connectivity index (χ1v) is 10.1. The zero-order valence-electron chi connectivity index (χ0n) is 17.0. The number of imidazole rings is 1. The molecule has 0 aliphatic carbocycles. The molecule has 5 heterocycles. The fraction of sp³-hybridized carbons (Fsp3) is 0.182. The Morgan fingerprint density at radius 3 is 2.78 bits per heavy atom. The first-order chi connectivity index (χ1) is 15.6. The predicted octanol–water partition coefficient (Wildman–Crippen LogP) is 3.85. The Kier molecular flexibility index (Phi) is 4.07. The number of nitrogens with zero attached hydrogens (tertiary/aromatic N) is 6. The van der Waals surface area contributed by atoms with Crippen molar-refractivity contribution in [3.63, 3.8) is 0 Å². The summed E-state index contributed by atoms with van der Waals surface area (Å²) in [7, 11) is 0. The lowest BCUT2D eigenvalue weighted by atomic mass is 10.00. The van der Waals surface area contributed by atoms with E-state index in [0.29, 0.717) is 13.0 Å². The van der Waals surface area contributed by atoms with Crippen molar-refractivity contribution in [1.82, 2.24) is 29.8 Å². The van der Waals surface area contributed by atoms with Crippen LogP contribution in [0.15, 0.2) is 53.3 Å². The Labute approximate surface area is 180 Å². The Morgan fingerprint density at radius 2 is 1.97 bits per heavy atom. The van der Waals surface area contributed by atoms with Crippen LogP contribution in [0, 0.1) is 18.6 Å². The first-order valence-electron chi connectivity index (χ1n) is 10.1. The topological polar surface area (TPSA) is 88.1 Å². The lowest BCUT2D eigenvalue weighted by molar-refractivity contribution is 0.496. The van der Waals surface area contributed by atoms with E-state index in [1.54, 1.807) is 6.33 Å². The van der Waals surface area contributed by atoms with E-state index >= 15 is 0 Å². The van der Waals surface area contributed by atoms with E-state index in [9.17, 15) is 8.78 Å². The van der Waals surface area contributed by atoms with Gasteiger partial charge in [-0.05, 0) is 36.8 Å². The van der Waals surface area contributed by atoms with Gasteiger partial charge in [0.05, 0.1) is 23.2 Å². The van der Waals surface area contributed by atoms with Gasteiger partial charge in [-0.1, -0.05) is 17.2 Å². The van der Waals surface area contributed by atoms with E-state index in [0.717, 1.165) is 40.3 Å².